The van der Waals surface area contributed by atoms with E-state index in [1.54, 1.807) is 7.11 Å². The average molecular weight is 267 g/mol. The summed E-state index contributed by atoms with van der Waals surface area (Å²) in [6.45, 7) is 4.49. The smallest absolute Gasteiger partial charge is 0.142 e. The highest BCUT2D eigenvalue weighted by Gasteiger charge is 2.41. The van der Waals surface area contributed by atoms with Crippen LogP contribution in [0.1, 0.15) is 12.8 Å². The van der Waals surface area contributed by atoms with Crippen LogP contribution < -0.4 is 15.0 Å². The molecule has 0 saturated carbocycles. The van der Waals surface area contributed by atoms with E-state index in [1.807, 2.05) is 18.2 Å². The monoisotopic (exact) mass is 266 g/mol. The second kappa shape index (κ2) is 4.63. The van der Waals surface area contributed by atoms with Crippen molar-refractivity contribution in [2.75, 3.05) is 38.2 Å². The Labute approximate surface area is 113 Å². The Hall–Kier alpha value is -0.930. The first-order chi connectivity index (χ1) is 8.72. The third-order valence-corrected chi connectivity index (χ3v) is 4.38. The minimum atomic E-state index is 0.478. The molecule has 2 fully saturated rings. The summed E-state index contributed by atoms with van der Waals surface area (Å²) >= 11 is 6.12. The van der Waals surface area contributed by atoms with Crippen LogP contribution >= 0.6 is 11.6 Å². The lowest BCUT2D eigenvalue weighted by Crippen LogP contribution is -2.61. The van der Waals surface area contributed by atoms with Crippen LogP contribution in [0, 0.1) is 5.41 Å². The summed E-state index contributed by atoms with van der Waals surface area (Å²) in [7, 11) is 1.72. The van der Waals surface area contributed by atoms with Gasteiger partial charge in [-0.1, -0.05) is 11.6 Å². The largest absolute Gasteiger partial charge is 0.495 e. The zero-order valence-electron chi connectivity index (χ0n) is 10.7. The maximum atomic E-state index is 6.12. The van der Waals surface area contributed by atoms with Crippen LogP contribution in [0.3, 0.4) is 0 Å². The maximum Gasteiger partial charge on any atom is 0.142 e. The molecule has 2 heterocycles. The van der Waals surface area contributed by atoms with Crippen LogP contribution in [-0.2, 0) is 0 Å². The number of hydrogen-bond donors (Lipinski definition) is 1. The van der Waals surface area contributed by atoms with Gasteiger partial charge < -0.3 is 15.0 Å². The Kier molecular flexibility index (Phi) is 3.12. The van der Waals surface area contributed by atoms with Crippen molar-refractivity contribution in [2.45, 2.75) is 12.8 Å². The molecule has 1 N–H and O–H groups in total. The molecule has 0 unspecified atom stereocenters. The van der Waals surface area contributed by atoms with Crippen molar-refractivity contribution in [3.05, 3.63) is 23.2 Å². The van der Waals surface area contributed by atoms with Crippen LogP contribution in [-0.4, -0.2) is 33.3 Å². The standard InChI is InChI=1S/C14H19ClN2O/c1-18-13-4-3-11(15)7-12(13)17-6-2-5-14(10-17)8-16-9-14/h3-4,7,16H,2,5-6,8-10H2,1H3. The van der Waals surface area contributed by atoms with Gasteiger partial charge in [0.25, 0.3) is 0 Å². The summed E-state index contributed by atoms with van der Waals surface area (Å²) in [5, 5.41) is 4.17. The highest BCUT2D eigenvalue weighted by Crippen LogP contribution is 2.39. The number of ether oxygens (including phenoxy) is 1. The van der Waals surface area contributed by atoms with E-state index in [4.69, 9.17) is 16.3 Å². The molecule has 2 aliphatic heterocycles. The molecule has 3 rings (SSSR count). The molecule has 3 nitrogen and oxygen atoms in total. The normalized spacial score (nSPS) is 21.8. The zero-order chi connectivity index (χ0) is 12.6. The van der Waals surface area contributed by atoms with E-state index in [0.717, 1.165) is 42.6 Å². The molecule has 2 aliphatic rings. The Balaban J connectivity index is 1.87. The highest BCUT2D eigenvalue weighted by atomic mass is 35.5. The van der Waals surface area contributed by atoms with Gasteiger partial charge in [-0.3, -0.25) is 0 Å². The van der Waals surface area contributed by atoms with Gasteiger partial charge in [0.2, 0.25) is 0 Å². The van der Waals surface area contributed by atoms with Crippen LogP contribution in [0.5, 0.6) is 5.75 Å². The van der Waals surface area contributed by atoms with Gasteiger partial charge in [0.15, 0.2) is 0 Å². The first kappa shape index (κ1) is 12.1. The van der Waals surface area contributed by atoms with E-state index in [0.29, 0.717) is 5.41 Å². The quantitative estimate of drug-likeness (QED) is 0.890. The van der Waals surface area contributed by atoms with Gasteiger partial charge >= 0.3 is 0 Å². The molecule has 0 bridgehead atoms. The number of anilines is 1. The van der Waals surface area contributed by atoms with E-state index >= 15 is 0 Å². The van der Waals surface area contributed by atoms with Crippen LogP contribution in [0.25, 0.3) is 0 Å². The molecule has 0 aromatic heterocycles. The van der Waals surface area contributed by atoms with Crippen molar-refractivity contribution < 1.29 is 4.74 Å². The van der Waals surface area contributed by atoms with Gasteiger partial charge in [-0.25, -0.2) is 0 Å². The van der Waals surface area contributed by atoms with Gasteiger partial charge in [0.05, 0.1) is 12.8 Å². The fourth-order valence-corrected chi connectivity index (χ4v) is 3.26. The van der Waals surface area contributed by atoms with Crippen molar-refractivity contribution in [2.24, 2.45) is 5.41 Å². The molecule has 4 heteroatoms. The number of rotatable bonds is 2. The Bertz CT molecular complexity index is 445. The number of methoxy groups -OCH3 is 1. The zero-order valence-corrected chi connectivity index (χ0v) is 11.5. The topological polar surface area (TPSA) is 24.5 Å². The molecule has 1 spiro atoms. The summed E-state index contributed by atoms with van der Waals surface area (Å²) < 4.78 is 5.46. The van der Waals surface area contributed by atoms with E-state index in [2.05, 4.69) is 10.2 Å². The summed E-state index contributed by atoms with van der Waals surface area (Å²) in [5.41, 5.74) is 1.61. The predicted octanol–water partition coefficient (Wildman–Crippen LogP) is 2.54. The van der Waals surface area contributed by atoms with Crippen LogP contribution in [0.4, 0.5) is 5.69 Å². The Morgan fingerprint density at radius 3 is 2.89 bits per heavy atom. The first-order valence-corrected chi connectivity index (χ1v) is 6.89. The lowest BCUT2D eigenvalue weighted by atomic mass is 9.75. The molecule has 98 valence electrons. The summed E-state index contributed by atoms with van der Waals surface area (Å²) in [5.74, 6) is 0.920. The molecule has 1 aromatic rings. The number of halogens is 1. The van der Waals surface area contributed by atoms with E-state index in [-0.39, 0.29) is 0 Å². The number of piperidine rings is 1. The molecule has 1 aromatic carbocycles. The second-order valence-electron chi connectivity index (χ2n) is 5.44. The minimum absolute atomic E-state index is 0.478. The van der Waals surface area contributed by atoms with Gasteiger partial charge in [0, 0.05) is 36.6 Å². The predicted molar refractivity (Wildman–Crippen MR) is 74.8 cm³/mol. The lowest BCUT2D eigenvalue weighted by Gasteiger charge is -2.50. The maximum absolute atomic E-state index is 6.12. The Morgan fingerprint density at radius 2 is 2.22 bits per heavy atom. The SMILES string of the molecule is COc1ccc(Cl)cc1N1CCCC2(CNC2)C1. The van der Waals surface area contributed by atoms with Crippen molar-refractivity contribution in [1.82, 2.24) is 5.32 Å². The fourth-order valence-electron chi connectivity index (χ4n) is 3.09. The van der Waals surface area contributed by atoms with Crippen molar-refractivity contribution in [3.63, 3.8) is 0 Å². The third kappa shape index (κ3) is 2.06. The highest BCUT2D eigenvalue weighted by molar-refractivity contribution is 6.30. The van der Waals surface area contributed by atoms with Crippen LogP contribution in [0.2, 0.25) is 5.02 Å². The molecule has 0 radical (unpaired) electrons. The van der Waals surface area contributed by atoms with Gasteiger partial charge in [-0.05, 0) is 31.0 Å². The molecule has 0 amide bonds. The molecular weight excluding hydrogens is 248 g/mol. The molecular formula is C14H19ClN2O. The lowest BCUT2D eigenvalue weighted by molar-refractivity contribution is 0.138. The van der Waals surface area contributed by atoms with E-state index in [9.17, 15) is 0 Å². The van der Waals surface area contributed by atoms with Crippen LogP contribution in [0.15, 0.2) is 18.2 Å². The van der Waals surface area contributed by atoms with Crippen molar-refractivity contribution in [1.29, 1.82) is 0 Å². The van der Waals surface area contributed by atoms with Gasteiger partial charge in [0.1, 0.15) is 5.75 Å². The van der Waals surface area contributed by atoms with Gasteiger partial charge in [-0.15, -0.1) is 0 Å². The minimum Gasteiger partial charge on any atom is -0.495 e. The van der Waals surface area contributed by atoms with Crippen molar-refractivity contribution in [3.8, 4) is 5.75 Å². The summed E-state index contributed by atoms with van der Waals surface area (Å²) in [6.07, 6.45) is 2.58. The second-order valence-corrected chi connectivity index (χ2v) is 5.88. The van der Waals surface area contributed by atoms with E-state index in [1.165, 1.54) is 12.8 Å². The summed E-state index contributed by atoms with van der Waals surface area (Å²) in [6, 6.07) is 5.86. The average Bonchev–Trinajstić information content (AvgIpc) is 2.37. The number of nitrogens with zero attached hydrogens (tertiary/aromatic N) is 1. The van der Waals surface area contributed by atoms with Crippen molar-refractivity contribution >= 4 is 17.3 Å². The van der Waals surface area contributed by atoms with E-state index < -0.39 is 0 Å². The number of benzene rings is 1. The fraction of sp³-hybridized carbons (Fsp3) is 0.571. The molecule has 0 atom stereocenters. The Morgan fingerprint density at radius 1 is 1.39 bits per heavy atom. The molecule has 2 saturated heterocycles. The third-order valence-electron chi connectivity index (χ3n) is 4.14. The number of nitrogens with one attached hydrogen (secondary N) is 1. The first-order valence-electron chi connectivity index (χ1n) is 6.52. The number of hydrogen-bond acceptors (Lipinski definition) is 3. The summed E-state index contributed by atoms with van der Waals surface area (Å²) in [4.78, 5) is 2.43. The molecule has 0 aliphatic carbocycles. The van der Waals surface area contributed by atoms with Gasteiger partial charge in [-0.2, -0.15) is 0 Å². The molecule has 18 heavy (non-hydrogen) atoms.